The molecule has 1 heterocycles. The predicted molar refractivity (Wildman–Crippen MR) is 90.5 cm³/mol. The molecule has 0 saturated heterocycles. The van der Waals surface area contributed by atoms with Crippen molar-refractivity contribution in [2.24, 2.45) is 0 Å². The summed E-state index contributed by atoms with van der Waals surface area (Å²) in [7, 11) is 1.24. The first kappa shape index (κ1) is 18.4. The third-order valence-electron chi connectivity index (χ3n) is 3.21. The van der Waals surface area contributed by atoms with Crippen LogP contribution in [-0.4, -0.2) is 36.0 Å². The maximum atomic E-state index is 12.2. The van der Waals surface area contributed by atoms with Crippen LogP contribution >= 0.6 is 11.6 Å². The van der Waals surface area contributed by atoms with Gasteiger partial charge in [-0.25, -0.2) is 14.6 Å². The monoisotopic (exact) mass is 362 g/mol. The number of anilines is 1. The normalized spacial score (nSPS) is 11.3. The van der Waals surface area contributed by atoms with Gasteiger partial charge in [0.2, 0.25) is 0 Å². The molecule has 1 amide bonds. The third-order valence-corrected chi connectivity index (χ3v) is 3.41. The van der Waals surface area contributed by atoms with Crippen molar-refractivity contribution in [3.63, 3.8) is 0 Å². The number of nitrogens with zero attached hydrogens (tertiary/aromatic N) is 1. The molecule has 0 radical (unpaired) electrons. The fourth-order valence-electron chi connectivity index (χ4n) is 1.93. The highest BCUT2D eigenvalue weighted by atomic mass is 35.5. The lowest BCUT2D eigenvalue weighted by atomic mass is 10.1. The molecule has 1 aromatic heterocycles. The average molecular weight is 363 g/mol. The Labute approximate surface area is 148 Å². The van der Waals surface area contributed by atoms with Gasteiger partial charge in [-0.05, 0) is 31.2 Å². The molecular weight excluding hydrogens is 348 g/mol. The number of carbonyl (C=O) groups excluding carboxylic acids is 3. The molecule has 1 N–H and O–H groups in total. The number of hydrogen-bond acceptors (Lipinski definition) is 6. The van der Waals surface area contributed by atoms with Crippen molar-refractivity contribution in [3.05, 3.63) is 58.9 Å². The van der Waals surface area contributed by atoms with E-state index in [0.29, 0.717) is 0 Å². The molecule has 0 bridgehead atoms. The number of rotatable bonds is 5. The van der Waals surface area contributed by atoms with E-state index in [1.165, 1.54) is 38.4 Å². The summed E-state index contributed by atoms with van der Waals surface area (Å²) < 4.78 is 9.76. The van der Waals surface area contributed by atoms with E-state index >= 15 is 0 Å². The first-order valence-electron chi connectivity index (χ1n) is 7.23. The number of hydrogen-bond donors (Lipinski definition) is 1. The van der Waals surface area contributed by atoms with Crippen LogP contribution in [0.2, 0.25) is 5.15 Å². The molecule has 8 heteroatoms. The molecule has 2 aromatic rings. The topological polar surface area (TPSA) is 94.6 Å². The van der Waals surface area contributed by atoms with Gasteiger partial charge in [0.15, 0.2) is 6.10 Å². The van der Waals surface area contributed by atoms with E-state index in [4.69, 9.17) is 16.3 Å². The summed E-state index contributed by atoms with van der Waals surface area (Å²) in [6, 6.07) is 9.10. The van der Waals surface area contributed by atoms with Crippen molar-refractivity contribution < 1.29 is 23.9 Å². The summed E-state index contributed by atoms with van der Waals surface area (Å²) in [5.74, 6) is -1.90. The largest absolute Gasteiger partial charge is 0.465 e. The summed E-state index contributed by atoms with van der Waals surface area (Å²) in [4.78, 5) is 39.7. The predicted octanol–water partition coefficient (Wildman–Crippen LogP) is 2.71. The van der Waals surface area contributed by atoms with E-state index in [2.05, 4.69) is 15.0 Å². The molecule has 130 valence electrons. The third kappa shape index (κ3) is 4.77. The fourth-order valence-corrected chi connectivity index (χ4v) is 2.10. The minimum atomic E-state index is -1.09. The number of para-hydroxylation sites is 1. The number of benzene rings is 1. The Morgan fingerprint density at radius 3 is 2.56 bits per heavy atom. The number of esters is 2. The van der Waals surface area contributed by atoms with Crippen molar-refractivity contribution >= 4 is 35.1 Å². The molecule has 7 nitrogen and oxygen atoms in total. The molecular formula is C17H15ClN2O5. The van der Waals surface area contributed by atoms with Crippen LogP contribution in [-0.2, 0) is 14.3 Å². The number of amides is 1. The number of halogens is 1. The van der Waals surface area contributed by atoms with Gasteiger partial charge in [0.05, 0.1) is 23.9 Å². The molecule has 1 unspecified atom stereocenters. The molecule has 25 heavy (non-hydrogen) atoms. The molecule has 1 aromatic carbocycles. The van der Waals surface area contributed by atoms with Gasteiger partial charge in [0.25, 0.3) is 5.91 Å². The Balaban J connectivity index is 2.06. The van der Waals surface area contributed by atoms with Crippen molar-refractivity contribution in [2.45, 2.75) is 13.0 Å². The Morgan fingerprint density at radius 1 is 1.16 bits per heavy atom. The highest BCUT2D eigenvalue weighted by Gasteiger charge is 2.21. The first-order valence-corrected chi connectivity index (χ1v) is 7.61. The van der Waals surface area contributed by atoms with Gasteiger partial charge in [0, 0.05) is 6.20 Å². The molecule has 0 fully saturated rings. The quantitative estimate of drug-likeness (QED) is 0.649. The Morgan fingerprint density at radius 2 is 1.88 bits per heavy atom. The minimum absolute atomic E-state index is 0.138. The number of ether oxygens (including phenoxy) is 2. The summed E-state index contributed by atoms with van der Waals surface area (Å²) >= 11 is 5.71. The second-order valence-corrected chi connectivity index (χ2v) is 5.33. The van der Waals surface area contributed by atoms with Crippen LogP contribution in [0.5, 0.6) is 0 Å². The van der Waals surface area contributed by atoms with Gasteiger partial charge in [-0.3, -0.25) is 4.79 Å². The zero-order chi connectivity index (χ0) is 18.4. The fraction of sp³-hybridized carbons (Fsp3) is 0.176. The number of nitrogens with one attached hydrogen (secondary N) is 1. The van der Waals surface area contributed by atoms with Crippen LogP contribution in [0.1, 0.15) is 27.6 Å². The van der Waals surface area contributed by atoms with Gasteiger partial charge in [-0.15, -0.1) is 0 Å². The molecule has 0 spiro atoms. The zero-order valence-electron chi connectivity index (χ0n) is 13.5. The molecule has 0 saturated carbocycles. The van der Waals surface area contributed by atoms with Crippen LogP contribution in [0.4, 0.5) is 5.69 Å². The lowest BCUT2D eigenvalue weighted by Gasteiger charge is -2.15. The van der Waals surface area contributed by atoms with E-state index in [0.717, 1.165) is 0 Å². The SMILES string of the molecule is COC(=O)c1ccccc1NC(=O)C(C)OC(=O)c1ccnc(Cl)c1. The van der Waals surface area contributed by atoms with Crippen molar-refractivity contribution in [3.8, 4) is 0 Å². The van der Waals surface area contributed by atoms with Crippen LogP contribution in [0.15, 0.2) is 42.6 Å². The van der Waals surface area contributed by atoms with E-state index in [1.807, 2.05) is 0 Å². The second kappa shape index (κ2) is 8.25. The summed E-state index contributed by atoms with van der Waals surface area (Å²) in [6.45, 7) is 1.41. The standard InChI is InChI=1S/C17H15ClN2O5/c1-10(25-16(22)11-7-8-19-14(18)9-11)15(21)20-13-6-4-3-5-12(13)17(23)24-2/h3-10H,1-2H3,(H,20,21). The molecule has 0 aliphatic carbocycles. The van der Waals surface area contributed by atoms with E-state index < -0.39 is 23.9 Å². The molecule has 0 aliphatic rings. The van der Waals surface area contributed by atoms with E-state index in [1.54, 1.807) is 18.2 Å². The molecule has 0 aliphatic heterocycles. The lowest BCUT2D eigenvalue weighted by molar-refractivity contribution is -0.123. The highest BCUT2D eigenvalue weighted by Crippen LogP contribution is 2.17. The molecule has 2 rings (SSSR count). The average Bonchev–Trinajstić information content (AvgIpc) is 2.61. The van der Waals surface area contributed by atoms with Crippen LogP contribution in [0.25, 0.3) is 0 Å². The first-order chi connectivity index (χ1) is 11.9. The number of pyridine rings is 1. The van der Waals surface area contributed by atoms with Gasteiger partial charge in [-0.2, -0.15) is 0 Å². The number of methoxy groups -OCH3 is 1. The van der Waals surface area contributed by atoms with Crippen molar-refractivity contribution in [1.29, 1.82) is 0 Å². The second-order valence-electron chi connectivity index (χ2n) is 4.94. The van der Waals surface area contributed by atoms with E-state index in [9.17, 15) is 14.4 Å². The zero-order valence-corrected chi connectivity index (χ0v) is 14.2. The van der Waals surface area contributed by atoms with Gasteiger partial charge < -0.3 is 14.8 Å². The minimum Gasteiger partial charge on any atom is -0.465 e. The van der Waals surface area contributed by atoms with Gasteiger partial charge >= 0.3 is 11.9 Å². The number of aromatic nitrogens is 1. The van der Waals surface area contributed by atoms with Gasteiger partial charge in [0.1, 0.15) is 5.15 Å². The maximum absolute atomic E-state index is 12.2. The van der Waals surface area contributed by atoms with Crippen molar-refractivity contribution in [2.75, 3.05) is 12.4 Å². The highest BCUT2D eigenvalue weighted by molar-refractivity contribution is 6.29. The Bertz CT molecular complexity index is 809. The van der Waals surface area contributed by atoms with Crippen LogP contribution in [0.3, 0.4) is 0 Å². The summed E-state index contributed by atoms with van der Waals surface area (Å²) in [6.07, 6.45) is 0.265. The maximum Gasteiger partial charge on any atom is 0.339 e. The van der Waals surface area contributed by atoms with Crippen molar-refractivity contribution in [1.82, 2.24) is 4.98 Å². The summed E-state index contributed by atoms with van der Waals surface area (Å²) in [5, 5.41) is 2.68. The Hall–Kier alpha value is -2.93. The Kier molecular flexibility index (Phi) is 6.08. The van der Waals surface area contributed by atoms with Crippen LogP contribution < -0.4 is 5.32 Å². The summed E-state index contributed by atoms with van der Waals surface area (Å²) in [5.41, 5.74) is 0.626. The smallest absolute Gasteiger partial charge is 0.339 e. The number of carbonyl (C=O) groups is 3. The van der Waals surface area contributed by atoms with Gasteiger partial charge in [-0.1, -0.05) is 23.7 Å². The van der Waals surface area contributed by atoms with Crippen LogP contribution in [0, 0.1) is 0 Å². The lowest BCUT2D eigenvalue weighted by Crippen LogP contribution is -2.30. The van der Waals surface area contributed by atoms with E-state index in [-0.39, 0.29) is 22.0 Å². The molecule has 1 atom stereocenters.